The number of amides is 2. The maximum atomic E-state index is 11.8. The van der Waals surface area contributed by atoms with Gasteiger partial charge in [-0.2, -0.15) is 0 Å². The van der Waals surface area contributed by atoms with Gasteiger partial charge < -0.3 is 14.6 Å². The van der Waals surface area contributed by atoms with Crippen LogP contribution in [0.5, 0.6) is 0 Å². The molecule has 1 saturated heterocycles. The molecule has 1 fully saturated rings. The zero-order valence-electron chi connectivity index (χ0n) is 12.4. The summed E-state index contributed by atoms with van der Waals surface area (Å²) in [7, 11) is 1.53. The predicted molar refractivity (Wildman–Crippen MR) is 72.9 cm³/mol. The number of nitrogens with one attached hydrogen (secondary N) is 1. The molecule has 0 bridgehead atoms. The molecule has 1 aliphatic heterocycles. The Balaban J connectivity index is 2.63. The molecule has 1 aliphatic rings. The molecule has 3 atom stereocenters. The van der Waals surface area contributed by atoms with Gasteiger partial charge in [0.2, 0.25) is 11.8 Å². The molecule has 2 N–H and O–H groups in total. The van der Waals surface area contributed by atoms with Gasteiger partial charge in [-0.05, 0) is 13.0 Å². The lowest BCUT2D eigenvalue weighted by atomic mass is 9.80. The summed E-state index contributed by atoms with van der Waals surface area (Å²) in [6.07, 6.45) is 1.22. The SMILES string of the molecule is C/C=C\C(=O)NC(=O)C[C@@H]1O[C@H](COC)[C@@H](O)C1(C)C. The van der Waals surface area contributed by atoms with Crippen molar-refractivity contribution in [2.24, 2.45) is 5.41 Å². The van der Waals surface area contributed by atoms with Gasteiger partial charge in [0.15, 0.2) is 0 Å². The zero-order valence-corrected chi connectivity index (χ0v) is 12.4. The molecule has 0 radical (unpaired) electrons. The molecule has 114 valence electrons. The van der Waals surface area contributed by atoms with Crippen LogP contribution in [0.4, 0.5) is 0 Å². The monoisotopic (exact) mass is 285 g/mol. The Labute approximate surface area is 119 Å². The molecule has 20 heavy (non-hydrogen) atoms. The highest BCUT2D eigenvalue weighted by molar-refractivity contribution is 6.00. The van der Waals surface area contributed by atoms with Crippen LogP contribution < -0.4 is 5.32 Å². The van der Waals surface area contributed by atoms with Crippen LogP contribution in [-0.2, 0) is 19.1 Å². The van der Waals surface area contributed by atoms with E-state index in [2.05, 4.69) is 5.32 Å². The summed E-state index contributed by atoms with van der Waals surface area (Å²) in [6, 6.07) is 0. The number of hydrogen-bond donors (Lipinski definition) is 2. The molecule has 0 spiro atoms. The highest BCUT2D eigenvalue weighted by atomic mass is 16.6. The van der Waals surface area contributed by atoms with Gasteiger partial charge in [-0.25, -0.2) is 0 Å². The van der Waals surface area contributed by atoms with Crippen LogP contribution >= 0.6 is 0 Å². The smallest absolute Gasteiger partial charge is 0.250 e. The fraction of sp³-hybridized carbons (Fsp3) is 0.714. The third-order valence-electron chi connectivity index (χ3n) is 3.57. The molecule has 6 nitrogen and oxygen atoms in total. The van der Waals surface area contributed by atoms with E-state index >= 15 is 0 Å². The van der Waals surface area contributed by atoms with E-state index in [0.29, 0.717) is 0 Å². The van der Waals surface area contributed by atoms with Crippen LogP contribution in [0.15, 0.2) is 12.2 Å². The summed E-state index contributed by atoms with van der Waals surface area (Å²) >= 11 is 0. The van der Waals surface area contributed by atoms with Crippen molar-refractivity contribution >= 4 is 11.8 Å². The molecule has 0 aromatic carbocycles. The third-order valence-corrected chi connectivity index (χ3v) is 3.57. The Kier molecular flexibility index (Phi) is 5.86. The topological polar surface area (TPSA) is 84.9 Å². The Morgan fingerprint density at radius 2 is 2.10 bits per heavy atom. The summed E-state index contributed by atoms with van der Waals surface area (Å²) in [5.74, 6) is -0.876. The molecule has 1 heterocycles. The quantitative estimate of drug-likeness (QED) is 0.714. The second kappa shape index (κ2) is 6.97. The van der Waals surface area contributed by atoms with Gasteiger partial charge in [0.1, 0.15) is 6.10 Å². The lowest BCUT2D eigenvalue weighted by molar-refractivity contribution is -0.130. The molecular weight excluding hydrogens is 262 g/mol. The van der Waals surface area contributed by atoms with Crippen molar-refractivity contribution in [2.45, 2.75) is 45.5 Å². The number of aliphatic hydroxyl groups excluding tert-OH is 1. The highest BCUT2D eigenvalue weighted by Crippen LogP contribution is 2.39. The Bertz CT molecular complexity index is 391. The molecule has 1 rings (SSSR count). The number of rotatable bonds is 5. The summed E-state index contributed by atoms with van der Waals surface area (Å²) < 4.78 is 10.7. The molecule has 0 aromatic heterocycles. The van der Waals surface area contributed by atoms with Gasteiger partial charge >= 0.3 is 0 Å². The van der Waals surface area contributed by atoms with E-state index in [-0.39, 0.29) is 13.0 Å². The summed E-state index contributed by atoms with van der Waals surface area (Å²) in [5.41, 5.74) is -0.579. The number of hydrogen-bond acceptors (Lipinski definition) is 5. The Morgan fingerprint density at radius 3 is 2.65 bits per heavy atom. The fourth-order valence-corrected chi connectivity index (χ4v) is 2.29. The fourth-order valence-electron chi connectivity index (χ4n) is 2.29. The maximum absolute atomic E-state index is 11.8. The van der Waals surface area contributed by atoms with Crippen molar-refractivity contribution in [3.63, 3.8) is 0 Å². The van der Waals surface area contributed by atoms with Crippen molar-refractivity contribution in [1.29, 1.82) is 0 Å². The first kappa shape index (κ1) is 16.8. The predicted octanol–water partition coefficient (Wildman–Crippen LogP) is 0.396. The second-order valence-electron chi connectivity index (χ2n) is 5.50. The number of methoxy groups -OCH3 is 1. The molecule has 6 heteroatoms. The third kappa shape index (κ3) is 3.88. The average Bonchev–Trinajstić information content (AvgIpc) is 2.54. The zero-order chi connectivity index (χ0) is 15.3. The van der Waals surface area contributed by atoms with E-state index in [4.69, 9.17) is 9.47 Å². The Hall–Kier alpha value is -1.24. The molecule has 2 amide bonds. The molecule has 0 aliphatic carbocycles. The van der Waals surface area contributed by atoms with Gasteiger partial charge in [0.25, 0.3) is 0 Å². The summed E-state index contributed by atoms with van der Waals surface area (Å²) in [5, 5.41) is 12.4. The van der Waals surface area contributed by atoms with E-state index in [1.165, 1.54) is 13.2 Å². The first-order chi connectivity index (χ1) is 9.32. The van der Waals surface area contributed by atoms with Crippen molar-refractivity contribution < 1.29 is 24.2 Å². The number of carbonyl (C=O) groups is 2. The minimum Gasteiger partial charge on any atom is -0.390 e. The number of imide groups is 1. The van der Waals surface area contributed by atoms with Gasteiger partial charge in [-0.15, -0.1) is 0 Å². The van der Waals surface area contributed by atoms with Crippen molar-refractivity contribution in [3.8, 4) is 0 Å². The lowest BCUT2D eigenvalue weighted by Gasteiger charge is -2.27. The van der Waals surface area contributed by atoms with Crippen LogP contribution in [0.3, 0.4) is 0 Å². The van der Waals surface area contributed by atoms with Crippen molar-refractivity contribution in [2.75, 3.05) is 13.7 Å². The normalized spacial score (nSPS) is 28.8. The number of aliphatic hydroxyl groups is 1. The van der Waals surface area contributed by atoms with Crippen LogP contribution in [0, 0.1) is 5.41 Å². The van der Waals surface area contributed by atoms with E-state index in [1.807, 2.05) is 13.8 Å². The molecule has 0 unspecified atom stereocenters. The van der Waals surface area contributed by atoms with Gasteiger partial charge in [-0.3, -0.25) is 14.9 Å². The second-order valence-corrected chi connectivity index (χ2v) is 5.50. The van der Waals surface area contributed by atoms with Gasteiger partial charge in [-0.1, -0.05) is 19.9 Å². The van der Waals surface area contributed by atoms with E-state index in [9.17, 15) is 14.7 Å². The van der Waals surface area contributed by atoms with E-state index in [1.54, 1.807) is 13.0 Å². The van der Waals surface area contributed by atoms with Crippen LogP contribution in [0.2, 0.25) is 0 Å². The lowest BCUT2D eigenvalue weighted by Crippen LogP contribution is -2.39. The maximum Gasteiger partial charge on any atom is 0.250 e. The Morgan fingerprint density at radius 1 is 1.45 bits per heavy atom. The van der Waals surface area contributed by atoms with Crippen LogP contribution in [0.1, 0.15) is 27.2 Å². The standard InChI is InChI=1S/C14H23NO5/c1-5-6-11(16)15-12(17)7-10-14(2,3)13(18)9(20-10)8-19-4/h5-6,9-10,13,18H,7-8H2,1-4H3,(H,15,16,17)/b6-5-/t9-,10+,13-/m1/s1. The minimum atomic E-state index is -0.716. The molecule has 0 aromatic rings. The number of carbonyl (C=O) groups excluding carboxylic acids is 2. The van der Waals surface area contributed by atoms with Gasteiger partial charge in [0.05, 0.1) is 25.2 Å². The van der Waals surface area contributed by atoms with Gasteiger partial charge in [0, 0.05) is 12.5 Å². The summed E-state index contributed by atoms with van der Waals surface area (Å²) in [4.78, 5) is 23.1. The highest BCUT2D eigenvalue weighted by Gasteiger charge is 2.50. The number of allylic oxidation sites excluding steroid dienone is 1. The number of ether oxygens (including phenoxy) is 2. The van der Waals surface area contributed by atoms with E-state index in [0.717, 1.165) is 0 Å². The largest absolute Gasteiger partial charge is 0.390 e. The van der Waals surface area contributed by atoms with Crippen molar-refractivity contribution in [3.05, 3.63) is 12.2 Å². The van der Waals surface area contributed by atoms with Crippen molar-refractivity contribution in [1.82, 2.24) is 5.32 Å². The first-order valence-corrected chi connectivity index (χ1v) is 6.61. The van der Waals surface area contributed by atoms with E-state index < -0.39 is 35.5 Å². The van der Waals surface area contributed by atoms with Crippen LogP contribution in [-0.4, -0.2) is 48.9 Å². The molecule has 0 saturated carbocycles. The summed E-state index contributed by atoms with van der Waals surface area (Å²) in [6.45, 7) is 5.62. The minimum absolute atomic E-state index is 0.0214. The molecular formula is C14H23NO5. The average molecular weight is 285 g/mol. The first-order valence-electron chi connectivity index (χ1n) is 6.61. The van der Waals surface area contributed by atoms with Crippen LogP contribution in [0.25, 0.3) is 0 Å².